The summed E-state index contributed by atoms with van der Waals surface area (Å²) >= 11 is 0. The number of methoxy groups -OCH3 is 1. The van der Waals surface area contributed by atoms with E-state index in [9.17, 15) is 4.79 Å². The zero-order valence-electron chi connectivity index (χ0n) is 16.4. The first-order chi connectivity index (χ1) is 14.1. The van der Waals surface area contributed by atoms with Gasteiger partial charge in [-0.25, -0.2) is 9.97 Å². The van der Waals surface area contributed by atoms with Gasteiger partial charge < -0.3 is 18.8 Å². The van der Waals surface area contributed by atoms with Crippen LogP contribution < -0.4 is 9.47 Å². The summed E-state index contributed by atoms with van der Waals surface area (Å²) in [5.74, 6) is 2.13. The van der Waals surface area contributed by atoms with Crippen LogP contribution in [0.4, 0.5) is 0 Å². The molecule has 8 heteroatoms. The van der Waals surface area contributed by atoms with Crippen LogP contribution >= 0.6 is 0 Å². The summed E-state index contributed by atoms with van der Waals surface area (Å²) < 4.78 is 16.4. The number of carbonyl (C=O) groups excluding carboxylic acids is 1. The first-order valence-electron chi connectivity index (χ1n) is 9.48. The van der Waals surface area contributed by atoms with Gasteiger partial charge in [-0.2, -0.15) is 0 Å². The number of aryl methyl sites for hydroxylation is 1. The number of hydrogen-bond donors (Lipinski definition) is 0. The van der Waals surface area contributed by atoms with Gasteiger partial charge in [-0.1, -0.05) is 6.07 Å². The van der Waals surface area contributed by atoms with E-state index in [1.165, 1.54) is 6.26 Å². The third kappa shape index (κ3) is 4.21. The van der Waals surface area contributed by atoms with E-state index in [1.807, 2.05) is 18.2 Å². The van der Waals surface area contributed by atoms with Gasteiger partial charge >= 0.3 is 0 Å². The minimum atomic E-state index is -0.134. The van der Waals surface area contributed by atoms with Gasteiger partial charge in [0.25, 0.3) is 5.91 Å². The number of ether oxygens (including phenoxy) is 2. The van der Waals surface area contributed by atoms with E-state index in [-0.39, 0.29) is 11.8 Å². The number of amides is 1. The molecular formula is C21H22N4O4. The molecule has 2 aromatic heterocycles. The molecular weight excluding hydrogens is 372 g/mol. The molecule has 0 radical (unpaired) electrons. The number of oxazole rings is 1. The molecule has 1 saturated heterocycles. The van der Waals surface area contributed by atoms with E-state index >= 15 is 0 Å². The van der Waals surface area contributed by atoms with Crippen molar-refractivity contribution in [3.05, 3.63) is 60.2 Å². The number of likely N-dealkylation sites (tertiary alicyclic amines) is 1. The monoisotopic (exact) mass is 394 g/mol. The van der Waals surface area contributed by atoms with E-state index < -0.39 is 0 Å². The fraction of sp³-hybridized carbons (Fsp3) is 0.333. The number of carbonyl (C=O) groups is 1. The first-order valence-corrected chi connectivity index (χ1v) is 9.48. The second-order valence-corrected chi connectivity index (χ2v) is 6.87. The van der Waals surface area contributed by atoms with Crippen LogP contribution in [0.5, 0.6) is 17.4 Å². The SMILES string of the molecule is COc1cccc(Oc2nccnc2[C@H]2CCCN(C(=O)c3coc(C)n3)C2)c1. The predicted molar refractivity (Wildman–Crippen MR) is 104 cm³/mol. The lowest BCUT2D eigenvalue weighted by molar-refractivity contribution is 0.0698. The molecule has 1 aliphatic heterocycles. The van der Waals surface area contributed by atoms with E-state index in [0.717, 1.165) is 18.5 Å². The molecule has 0 spiro atoms. The number of hydrogen-bond acceptors (Lipinski definition) is 7. The molecule has 3 aromatic rings. The van der Waals surface area contributed by atoms with Gasteiger partial charge in [0, 0.05) is 44.4 Å². The van der Waals surface area contributed by atoms with Crippen molar-refractivity contribution in [2.75, 3.05) is 20.2 Å². The molecule has 150 valence electrons. The number of nitrogens with zero attached hydrogens (tertiary/aromatic N) is 4. The van der Waals surface area contributed by atoms with Crippen molar-refractivity contribution in [3.8, 4) is 17.4 Å². The maximum atomic E-state index is 12.8. The summed E-state index contributed by atoms with van der Waals surface area (Å²) in [4.78, 5) is 27.6. The molecule has 8 nitrogen and oxygen atoms in total. The van der Waals surface area contributed by atoms with Crippen molar-refractivity contribution in [2.45, 2.75) is 25.7 Å². The second-order valence-electron chi connectivity index (χ2n) is 6.87. The van der Waals surface area contributed by atoms with Crippen molar-refractivity contribution in [2.24, 2.45) is 0 Å². The zero-order valence-corrected chi connectivity index (χ0v) is 16.4. The van der Waals surface area contributed by atoms with E-state index in [0.29, 0.717) is 42.1 Å². The molecule has 3 heterocycles. The Labute approximate surface area is 168 Å². The molecule has 0 aliphatic carbocycles. The zero-order chi connectivity index (χ0) is 20.2. The molecule has 1 amide bonds. The summed E-state index contributed by atoms with van der Waals surface area (Å²) in [5.41, 5.74) is 1.07. The maximum absolute atomic E-state index is 12.8. The highest BCUT2D eigenvalue weighted by Crippen LogP contribution is 2.33. The molecule has 1 aliphatic rings. The average Bonchev–Trinajstić information content (AvgIpc) is 3.20. The molecule has 1 fully saturated rings. The van der Waals surface area contributed by atoms with E-state index in [2.05, 4.69) is 15.0 Å². The summed E-state index contributed by atoms with van der Waals surface area (Å²) in [5, 5.41) is 0. The minimum absolute atomic E-state index is 0.0232. The number of aromatic nitrogens is 3. The smallest absolute Gasteiger partial charge is 0.275 e. The molecule has 1 atom stereocenters. The molecule has 0 N–H and O–H groups in total. The third-order valence-corrected chi connectivity index (χ3v) is 4.88. The number of benzene rings is 1. The lowest BCUT2D eigenvalue weighted by Crippen LogP contribution is -2.39. The van der Waals surface area contributed by atoms with Crippen LogP contribution in [-0.2, 0) is 0 Å². The van der Waals surface area contributed by atoms with Crippen LogP contribution in [-0.4, -0.2) is 46.0 Å². The third-order valence-electron chi connectivity index (χ3n) is 4.88. The van der Waals surface area contributed by atoms with Crippen molar-refractivity contribution in [1.29, 1.82) is 0 Å². The van der Waals surface area contributed by atoms with Crippen LogP contribution in [0.25, 0.3) is 0 Å². The quantitative estimate of drug-likeness (QED) is 0.653. The Balaban J connectivity index is 1.54. The lowest BCUT2D eigenvalue weighted by Gasteiger charge is -2.32. The van der Waals surface area contributed by atoms with Crippen LogP contribution in [0.1, 0.15) is 40.8 Å². The topological polar surface area (TPSA) is 90.6 Å². The largest absolute Gasteiger partial charge is 0.497 e. The standard InChI is InChI=1S/C21H22N4O4/c1-14-24-18(13-28-14)21(26)25-10-4-5-15(12-25)19-20(23-9-8-22-19)29-17-7-3-6-16(11-17)27-2/h3,6-9,11,13,15H,4-5,10,12H2,1-2H3/t15-/m0/s1. The summed E-state index contributed by atoms with van der Waals surface area (Å²) in [6, 6.07) is 7.33. The second kappa shape index (κ2) is 8.30. The van der Waals surface area contributed by atoms with Gasteiger partial charge in [0.05, 0.1) is 7.11 Å². The molecule has 1 aromatic carbocycles. The van der Waals surface area contributed by atoms with Crippen molar-refractivity contribution < 1.29 is 18.7 Å². The van der Waals surface area contributed by atoms with Gasteiger partial charge in [0.2, 0.25) is 5.88 Å². The fourth-order valence-corrected chi connectivity index (χ4v) is 3.48. The van der Waals surface area contributed by atoms with Crippen LogP contribution in [0.2, 0.25) is 0 Å². The van der Waals surface area contributed by atoms with Gasteiger partial charge in [0.1, 0.15) is 23.5 Å². The molecule has 0 unspecified atom stereocenters. The Morgan fingerprint density at radius 2 is 2.07 bits per heavy atom. The summed E-state index contributed by atoms with van der Waals surface area (Å²) in [6.45, 7) is 2.92. The average molecular weight is 394 g/mol. The van der Waals surface area contributed by atoms with E-state index in [1.54, 1.807) is 37.4 Å². The Morgan fingerprint density at radius 3 is 2.86 bits per heavy atom. The molecule has 0 bridgehead atoms. The van der Waals surface area contributed by atoms with Crippen LogP contribution in [0.3, 0.4) is 0 Å². The molecule has 4 rings (SSSR count). The molecule has 29 heavy (non-hydrogen) atoms. The van der Waals surface area contributed by atoms with Crippen molar-refractivity contribution in [3.63, 3.8) is 0 Å². The predicted octanol–water partition coefficient (Wildman–Crippen LogP) is 3.59. The minimum Gasteiger partial charge on any atom is -0.497 e. The van der Waals surface area contributed by atoms with Crippen LogP contribution in [0, 0.1) is 6.92 Å². The Bertz CT molecular complexity index is 1000. The molecule has 0 saturated carbocycles. The number of piperidine rings is 1. The fourth-order valence-electron chi connectivity index (χ4n) is 3.48. The summed E-state index contributed by atoms with van der Waals surface area (Å²) in [6.07, 6.45) is 6.41. The van der Waals surface area contributed by atoms with Gasteiger partial charge in [-0.3, -0.25) is 9.78 Å². The number of rotatable bonds is 5. The normalized spacial score (nSPS) is 16.5. The van der Waals surface area contributed by atoms with Crippen LogP contribution in [0.15, 0.2) is 47.3 Å². The van der Waals surface area contributed by atoms with E-state index in [4.69, 9.17) is 13.9 Å². The Morgan fingerprint density at radius 1 is 1.24 bits per heavy atom. The summed E-state index contributed by atoms with van der Waals surface area (Å²) in [7, 11) is 1.61. The van der Waals surface area contributed by atoms with Crippen molar-refractivity contribution in [1.82, 2.24) is 19.9 Å². The highest BCUT2D eigenvalue weighted by Gasteiger charge is 2.30. The Kier molecular flexibility index (Phi) is 5.41. The maximum Gasteiger partial charge on any atom is 0.275 e. The Hall–Kier alpha value is -3.42. The highest BCUT2D eigenvalue weighted by atomic mass is 16.5. The van der Waals surface area contributed by atoms with Gasteiger partial charge in [-0.05, 0) is 25.0 Å². The van der Waals surface area contributed by atoms with Gasteiger partial charge in [0.15, 0.2) is 11.6 Å². The lowest BCUT2D eigenvalue weighted by atomic mass is 9.94. The first kappa shape index (κ1) is 18.9. The van der Waals surface area contributed by atoms with Gasteiger partial charge in [-0.15, -0.1) is 0 Å². The van der Waals surface area contributed by atoms with Crippen molar-refractivity contribution >= 4 is 5.91 Å². The highest BCUT2D eigenvalue weighted by molar-refractivity contribution is 5.92.